The smallest absolute Gasteiger partial charge is 0.295 e. The monoisotopic (exact) mass is 400 g/mol. The van der Waals surface area contributed by atoms with E-state index in [0.29, 0.717) is 11.3 Å². The molecule has 6 nitrogen and oxygen atoms in total. The first-order chi connectivity index (χ1) is 14.6. The average molecular weight is 400 g/mol. The lowest BCUT2D eigenvalue weighted by Crippen LogP contribution is -2.29. The molecule has 1 aliphatic rings. The number of aliphatic hydroxyl groups excluding tert-OH is 1. The van der Waals surface area contributed by atoms with Crippen LogP contribution < -0.4 is 4.74 Å². The van der Waals surface area contributed by atoms with Crippen LogP contribution >= 0.6 is 0 Å². The molecule has 1 saturated heterocycles. The zero-order valence-corrected chi connectivity index (χ0v) is 16.4. The maximum atomic E-state index is 13.0. The third kappa shape index (κ3) is 3.55. The number of aromatic nitrogens is 1. The number of amides is 1. The Morgan fingerprint density at radius 3 is 2.57 bits per heavy atom. The summed E-state index contributed by atoms with van der Waals surface area (Å²) in [5.41, 5.74) is 2.00. The van der Waals surface area contributed by atoms with E-state index in [-0.39, 0.29) is 17.9 Å². The number of pyridine rings is 1. The van der Waals surface area contributed by atoms with Gasteiger partial charge in [0.25, 0.3) is 11.7 Å². The molecular weight excluding hydrogens is 380 g/mol. The maximum absolute atomic E-state index is 13.0. The summed E-state index contributed by atoms with van der Waals surface area (Å²) in [6.45, 7) is 0.201. The van der Waals surface area contributed by atoms with Gasteiger partial charge in [-0.2, -0.15) is 0 Å². The largest absolute Gasteiger partial charge is 0.507 e. The normalized spacial score (nSPS) is 17.9. The van der Waals surface area contributed by atoms with Gasteiger partial charge in [0.1, 0.15) is 11.5 Å². The topological polar surface area (TPSA) is 79.7 Å². The molecule has 0 aliphatic carbocycles. The van der Waals surface area contributed by atoms with Crippen LogP contribution in [0.5, 0.6) is 5.75 Å². The molecule has 6 heteroatoms. The Balaban J connectivity index is 1.85. The fraction of sp³-hybridized carbons (Fsp3) is 0.125. The van der Waals surface area contributed by atoms with Gasteiger partial charge < -0.3 is 14.7 Å². The van der Waals surface area contributed by atoms with Crippen LogP contribution in [-0.4, -0.2) is 33.8 Å². The number of benzene rings is 2. The molecule has 3 aromatic rings. The minimum absolute atomic E-state index is 0.0587. The van der Waals surface area contributed by atoms with Crippen molar-refractivity contribution in [3.05, 3.63) is 101 Å². The van der Waals surface area contributed by atoms with Crippen molar-refractivity contribution in [3.63, 3.8) is 0 Å². The lowest BCUT2D eigenvalue weighted by atomic mass is 9.95. The number of rotatable bonds is 5. The number of carbonyl (C=O) groups excluding carboxylic acids is 2. The molecule has 0 unspecified atom stereocenters. The first-order valence-electron chi connectivity index (χ1n) is 9.47. The lowest BCUT2D eigenvalue weighted by molar-refractivity contribution is -0.140. The number of hydrogen-bond acceptors (Lipinski definition) is 5. The summed E-state index contributed by atoms with van der Waals surface area (Å²) in [7, 11) is 1.52. The van der Waals surface area contributed by atoms with Crippen LogP contribution in [0.15, 0.2) is 84.7 Å². The highest BCUT2D eigenvalue weighted by molar-refractivity contribution is 6.46. The van der Waals surface area contributed by atoms with Crippen molar-refractivity contribution in [1.82, 2.24) is 9.88 Å². The van der Waals surface area contributed by atoms with Gasteiger partial charge in [-0.15, -0.1) is 0 Å². The van der Waals surface area contributed by atoms with E-state index in [0.717, 1.165) is 11.1 Å². The van der Waals surface area contributed by atoms with Crippen LogP contribution in [0, 0.1) is 0 Å². The van der Waals surface area contributed by atoms with Crippen molar-refractivity contribution < 1.29 is 19.4 Å². The predicted octanol–water partition coefficient (Wildman–Crippen LogP) is 3.71. The van der Waals surface area contributed by atoms with Crippen molar-refractivity contribution >= 4 is 17.4 Å². The highest BCUT2D eigenvalue weighted by Crippen LogP contribution is 2.40. The van der Waals surface area contributed by atoms with E-state index in [4.69, 9.17) is 4.74 Å². The number of methoxy groups -OCH3 is 1. The molecule has 0 bridgehead atoms. The number of hydrogen-bond donors (Lipinski definition) is 1. The molecule has 2 heterocycles. The van der Waals surface area contributed by atoms with Crippen molar-refractivity contribution in [1.29, 1.82) is 0 Å². The van der Waals surface area contributed by atoms with Crippen LogP contribution in [0.2, 0.25) is 0 Å². The Hall–Kier alpha value is -3.93. The Labute approximate surface area is 174 Å². The number of nitrogens with zero attached hydrogens (tertiary/aromatic N) is 2. The van der Waals surface area contributed by atoms with Crippen LogP contribution in [0.3, 0.4) is 0 Å². The van der Waals surface area contributed by atoms with Gasteiger partial charge in [0.15, 0.2) is 0 Å². The molecule has 1 N–H and O–H groups in total. The van der Waals surface area contributed by atoms with Gasteiger partial charge in [-0.1, -0.05) is 48.5 Å². The zero-order chi connectivity index (χ0) is 21.1. The van der Waals surface area contributed by atoms with Crippen LogP contribution in [0.1, 0.15) is 22.7 Å². The van der Waals surface area contributed by atoms with Crippen LogP contribution in [-0.2, 0) is 16.1 Å². The van der Waals surface area contributed by atoms with Crippen molar-refractivity contribution in [2.45, 2.75) is 12.6 Å². The SMILES string of the molecule is COc1cccc(C(O)=C2C(=O)C(=O)N(Cc3cccnc3)[C@@H]2c2ccccc2)c1. The van der Waals surface area contributed by atoms with Gasteiger partial charge in [0.05, 0.1) is 18.7 Å². The summed E-state index contributed by atoms with van der Waals surface area (Å²) >= 11 is 0. The highest BCUT2D eigenvalue weighted by atomic mass is 16.5. The van der Waals surface area contributed by atoms with E-state index in [1.165, 1.54) is 12.0 Å². The van der Waals surface area contributed by atoms with Gasteiger partial charge in [0, 0.05) is 24.5 Å². The predicted molar refractivity (Wildman–Crippen MR) is 112 cm³/mol. The molecule has 0 spiro atoms. The third-order valence-electron chi connectivity index (χ3n) is 5.07. The zero-order valence-electron chi connectivity index (χ0n) is 16.4. The van der Waals surface area contributed by atoms with Gasteiger partial charge >= 0.3 is 0 Å². The molecule has 1 fully saturated rings. The number of aliphatic hydroxyl groups is 1. The maximum Gasteiger partial charge on any atom is 0.295 e. The van der Waals surface area contributed by atoms with E-state index in [9.17, 15) is 14.7 Å². The minimum atomic E-state index is -0.715. The molecule has 0 radical (unpaired) electrons. The molecule has 30 heavy (non-hydrogen) atoms. The standard InChI is InChI=1S/C24H20N2O4/c1-30-19-11-5-10-18(13-19)22(27)20-21(17-8-3-2-4-9-17)26(24(29)23(20)28)15-16-7-6-12-25-14-16/h2-14,21,27H,15H2,1H3/t21-/m1/s1. The van der Waals surface area contributed by atoms with Crippen molar-refractivity contribution in [2.75, 3.05) is 7.11 Å². The second kappa shape index (κ2) is 8.21. The highest BCUT2D eigenvalue weighted by Gasteiger charge is 2.46. The van der Waals surface area contributed by atoms with Gasteiger partial charge in [0.2, 0.25) is 0 Å². The summed E-state index contributed by atoms with van der Waals surface area (Å²) in [6, 6.07) is 18.9. The lowest BCUT2D eigenvalue weighted by Gasteiger charge is -2.25. The quantitative estimate of drug-likeness (QED) is 0.401. The van der Waals surface area contributed by atoms with Gasteiger partial charge in [-0.3, -0.25) is 14.6 Å². The Morgan fingerprint density at radius 1 is 1.07 bits per heavy atom. The number of ether oxygens (including phenoxy) is 1. The molecule has 1 amide bonds. The second-order valence-electron chi connectivity index (χ2n) is 6.93. The van der Waals surface area contributed by atoms with Crippen molar-refractivity contribution in [2.24, 2.45) is 0 Å². The summed E-state index contributed by atoms with van der Waals surface area (Å²) in [5.74, 6) is -1.06. The molecule has 1 aliphatic heterocycles. The summed E-state index contributed by atoms with van der Waals surface area (Å²) in [5, 5.41) is 11.1. The van der Waals surface area contributed by atoms with E-state index in [1.54, 1.807) is 42.7 Å². The molecule has 150 valence electrons. The van der Waals surface area contributed by atoms with Crippen LogP contribution in [0.25, 0.3) is 5.76 Å². The molecule has 2 aromatic carbocycles. The second-order valence-corrected chi connectivity index (χ2v) is 6.93. The first-order valence-corrected chi connectivity index (χ1v) is 9.47. The number of Topliss-reactive ketones (excluding diaryl/α,β-unsaturated/α-hetero) is 1. The molecule has 0 saturated carbocycles. The Morgan fingerprint density at radius 2 is 1.87 bits per heavy atom. The molecule has 1 aromatic heterocycles. The minimum Gasteiger partial charge on any atom is -0.507 e. The summed E-state index contributed by atoms with van der Waals surface area (Å²) in [4.78, 5) is 31.5. The van der Waals surface area contributed by atoms with E-state index >= 15 is 0 Å². The Bertz CT molecular complexity index is 1110. The molecule has 1 atom stereocenters. The van der Waals surface area contributed by atoms with Crippen LogP contribution in [0.4, 0.5) is 0 Å². The first kappa shape index (κ1) is 19.4. The number of ketones is 1. The van der Waals surface area contributed by atoms with E-state index in [2.05, 4.69) is 4.98 Å². The number of likely N-dealkylation sites (tertiary alicyclic amines) is 1. The third-order valence-corrected chi connectivity index (χ3v) is 5.07. The molecule has 4 rings (SSSR count). The summed E-state index contributed by atoms with van der Waals surface area (Å²) < 4.78 is 5.22. The van der Waals surface area contributed by atoms with Gasteiger partial charge in [-0.05, 0) is 29.3 Å². The average Bonchev–Trinajstić information content (AvgIpc) is 3.05. The fourth-order valence-electron chi connectivity index (χ4n) is 3.64. The fourth-order valence-corrected chi connectivity index (χ4v) is 3.64. The molecular formula is C24H20N2O4. The van der Waals surface area contributed by atoms with Crippen molar-refractivity contribution in [3.8, 4) is 5.75 Å². The van der Waals surface area contributed by atoms with E-state index < -0.39 is 17.7 Å². The summed E-state index contributed by atoms with van der Waals surface area (Å²) in [6.07, 6.45) is 3.30. The van der Waals surface area contributed by atoms with Gasteiger partial charge in [-0.25, -0.2) is 0 Å². The number of carbonyl (C=O) groups is 2. The Kier molecular flexibility index (Phi) is 5.30. The van der Waals surface area contributed by atoms with E-state index in [1.807, 2.05) is 36.4 Å².